The molecule has 3 heterocycles. The Morgan fingerprint density at radius 1 is 1.41 bits per heavy atom. The van der Waals surface area contributed by atoms with Crippen LogP contribution in [0.15, 0.2) is 21.4 Å². The maximum Gasteiger partial charge on any atom is 0.316 e. The number of aromatic nitrogens is 4. The molecule has 1 aliphatic heterocycles. The summed E-state index contributed by atoms with van der Waals surface area (Å²) in [5, 5.41) is 3.83. The van der Waals surface area contributed by atoms with Crippen molar-refractivity contribution in [3.05, 3.63) is 28.6 Å². The van der Waals surface area contributed by atoms with Crippen LogP contribution in [0.4, 0.5) is 0 Å². The number of piperidine rings is 1. The van der Waals surface area contributed by atoms with Crippen molar-refractivity contribution in [3.8, 4) is 6.01 Å². The lowest BCUT2D eigenvalue weighted by Gasteiger charge is -2.31. The van der Waals surface area contributed by atoms with E-state index in [0.29, 0.717) is 36.8 Å². The molecule has 0 saturated carbocycles. The van der Waals surface area contributed by atoms with E-state index in [1.165, 1.54) is 0 Å². The van der Waals surface area contributed by atoms with Crippen molar-refractivity contribution in [2.75, 3.05) is 19.7 Å². The summed E-state index contributed by atoms with van der Waals surface area (Å²) in [5.74, 6) is 1.82. The van der Waals surface area contributed by atoms with Crippen molar-refractivity contribution >= 4 is 15.9 Å². The largest absolute Gasteiger partial charge is 0.463 e. The van der Waals surface area contributed by atoms with Crippen LogP contribution in [-0.2, 0) is 6.54 Å². The Morgan fingerprint density at radius 2 is 2.23 bits per heavy atom. The Kier molecular flexibility index (Phi) is 4.99. The highest BCUT2D eigenvalue weighted by molar-refractivity contribution is 9.10. The standard InChI is InChI=1S/C14H18BrN5O2/c1-10-18-13(22-19-10)8-20-4-2-3-11(7-20)9-21-14-16-5-12(15)6-17-14/h5-6,11H,2-4,7-9H2,1H3. The van der Waals surface area contributed by atoms with Crippen LogP contribution in [0.25, 0.3) is 0 Å². The SMILES string of the molecule is Cc1noc(CN2CCCC(COc3ncc(Br)cn3)C2)n1. The van der Waals surface area contributed by atoms with Gasteiger partial charge >= 0.3 is 6.01 Å². The molecule has 1 saturated heterocycles. The molecule has 0 spiro atoms. The van der Waals surface area contributed by atoms with Gasteiger partial charge in [0, 0.05) is 24.9 Å². The van der Waals surface area contributed by atoms with Gasteiger partial charge < -0.3 is 9.26 Å². The molecular formula is C14H18BrN5O2. The quantitative estimate of drug-likeness (QED) is 0.801. The number of aryl methyl sites for hydroxylation is 1. The normalized spacial score (nSPS) is 19.3. The Balaban J connectivity index is 1.49. The minimum absolute atomic E-state index is 0.424. The van der Waals surface area contributed by atoms with Gasteiger partial charge in [0.15, 0.2) is 5.82 Å². The van der Waals surface area contributed by atoms with E-state index in [9.17, 15) is 0 Å². The molecule has 7 nitrogen and oxygen atoms in total. The van der Waals surface area contributed by atoms with E-state index < -0.39 is 0 Å². The van der Waals surface area contributed by atoms with Crippen molar-refractivity contribution in [2.24, 2.45) is 5.92 Å². The zero-order valence-electron chi connectivity index (χ0n) is 12.4. The highest BCUT2D eigenvalue weighted by atomic mass is 79.9. The molecule has 0 aromatic carbocycles. The maximum atomic E-state index is 5.68. The number of hydrogen-bond donors (Lipinski definition) is 0. The molecule has 1 aliphatic rings. The minimum Gasteiger partial charge on any atom is -0.463 e. The summed E-state index contributed by atoms with van der Waals surface area (Å²) in [6, 6.07) is 0.424. The fourth-order valence-corrected chi connectivity index (χ4v) is 2.80. The lowest BCUT2D eigenvalue weighted by Crippen LogP contribution is -2.37. The fraction of sp³-hybridized carbons (Fsp3) is 0.571. The molecular weight excluding hydrogens is 350 g/mol. The summed E-state index contributed by atoms with van der Waals surface area (Å²) >= 11 is 3.31. The van der Waals surface area contributed by atoms with Gasteiger partial charge in [0.25, 0.3) is 0 Å². The Bertz CT molecular complexity index is 604. The van der Waals surface area contributed by atoms with Crippen LogP contribution >= 0.6 is 15.9 Å². The molecule has 0 aliphatic carbocycles. The first kappa shape index (κ1) is 15.4. The Hall–Kier alpha value is -1.54. The van der Waals surface area contributed by atoms with E-state index in [4.69, 9.17) is 9.26 Å². The van der Waals surface area contributed by atoms with Gasteiger partial charge in [-0.2, -0.15) is 4.98 Å². The van der Waals surface area contributed by atoms with E-state index in [2.05, 4.69) is 40.9 Å². The third-order valence-corrected chi connectivity index (χ3v) is 3.99. The second kappa shape index (κ2) is 7.15. The monoisotopic (exact) mass is 367 g/mol. The van der Waals surface area contributed by atoms with Gasteiger partial charge in [0.2, 0.25) is 5.89 Å². The van der Waals surface area contributed by atoms with Gasteiger partial charge in [-0.05, 0) is 42.2 Å². The summed E-state index contributed by atoms with van der Waals surface area (Å²) in [6.07, 6.45) is 5.67. The summed E-state index contributed by atoms with van der Waals surface area (Å²) in [4.78, 5) is 14.8. The van der Waals surface area contributed by atoms with Crippen LogP contribution in [0.2, 0.25) is 0 Å². The van der Waals surface area contributed by atoms with Gasteiger partial charge in [0.05, 0.1) is 17.6 Å². The number of halogens is 1. The number of nitrogens with zero attached hydrogens (tertiary/aromatic N) is 5. The Labute approximate surface area is 137 Å². The molecule has 1 fully saturated rings. The molecule has 0 bridgehead atoms. The molecule has 0 N–H and O–H groups in total. The zero-order chi connectivity index (χ0) is 15.4. The first-order valence-corrected chi connectivity index (χ1v) is 8.10. The molecule has 3 rings (SSSR count). The summed E-state index contributed by atoms with van der Waals surface area (Å²) in [5.41, 5.74) is 0. The van der Waals surface area contributed by atoms with Crippen LogP contribution in [0.1, 0.15) is 24.6 Å². The second-order valence-electron chi connectivity index (χ2n) is 5.47. The third-order valence-electron chi connectivity index (χ3n) is 3.58. The van der Waals surface area contributed by atoms with Crippen LogP contribution < -0.4 is 4.74 Å². The van der Waals surface area contributed by atoms with E-state index in [-0.39, 0.29) is 0 Å². The van der Waals surface area contributed by atoms with Gasteiger partial charge in [-0.15, -0.1) is 0 Å². The number of hydrogen-bond acceptors (Lipinski definition) is 7. The first-order valence-electron chi connectivity index (χ1n) is 7.31. The average molecular weight is 368 g/mol. The predicted molar refractivity (Wildman–Crippen MR) is 82.3 cm³/mol. The van der Waals surface area contributed by atoms with E-state index in [1.807, 2.05) is 6.92 Å². The van der Waals surface area contributed by atoms with Crippen molar-refractivity contribution in [1.29, 1.82) is 0 Å². The average Bonchev–Trinajstić information content (AvgIpc) is 2.92. The van der Waals surface area contributed by atoms with E-state index in [0.717, 1.165) is 30.4 Å². The molecule has 1 unspecified atom stereocenters. The Morgan fingerprint density at radius 3 is 2.95 bits per heavy atom. The van der Waals surface area contributed by atoms with E-state index >= 15 is 0 Å². The molecule has 2 aromatic rings. The molecule has 118 valence electrons. The first-order chi connectivity index (χ1) is 10.7. The van der Waals surface area contributed by atoms with Crippen molar-refractivity contribution < 1.29 is 9.26 Å². The lowest BCUT2D eigenvalue weighted by molar-refractivity contribution is 0.111. The zero-order valence-corrected chi connectivity index (χ0v) is 14.0. The van der Waals surface area contributed by atoms with Crippen LogP contribution in [0, 0.1) is 12.8 Å². The smallest absolute Gasteiger partial charge is 0.316 e. The summed E-state index contributed by atoms with van der Waals surface area (Å²) in [7, 11) is 0. The van der Waals surface area contributed by atoms with Gasteiger partial charge in [-0.1, -0.05) is 5.16 Å². The third kappa shape index (κ3) is 4.23. The second-order valence-corrected chi connectivity index (χ2v) is 6.39. The highest BCUT2D eigenvalue weighted by Gasteiger charge is 2.22. The van der Waals surface area contributed by atoms with Crippen LogP contribution in [-0.4, -0.2) is 44.7 Å². The lowest BCUT2D eigenvalue weighted by atomic mass is 9.99. The topological polar surface area (TPSA) is 77.2 Å². The van der Waals surface area contributed by atoms with Crippen LogP contribution in [0.3, 0.4) is 0 Å². The molecule has 8 heteroatoms. The van der Waals surface area contributed by atoms with E-state index in [1.54, 1.807) is 12.4 Å². The molecule has 1 atom stereocenters. The number of rotatable bonds is 5. The van der Waals surface area contributed by atoms with Crippen molar-refractivity contribution in [1.82, 2.24) is 25.0 Å². The van der Waals surface area contributed by atoms with Gasteiger partial charge in [-0.3, -0.25) is 4.90 Å². The fourth-order valence-electron chi connectivity index (χ4n) is 2.59. The summed E-state index contributed by atoms with van der Waals surface area (Å²) < 4.78 is 11.7. The van der Waals surface area contributed by atoms with Crippen molar-refractivity contribution in [2.45, 2.75) is 26.3 Å². The number of likely N-dealkylation sites (tertiary alicyclic amines) is 1. The maximum absolute atomic E-state index is 5.68. The van der Waals surface area contributed by atoms with Gasteiger partial charge in [-0.25, -0.2) is 9.97 Å². The molecule has 2 aromatic heterocycles. The molecule has 0 radical (unpaired) electrons. The number of ether oxygens (including phenoxy) is 1. The highest BCUT2D eigenvalue weighted by Crippen LogP contribution is 2.19. The molecule has 0 amide bonds. The summed E-state index contributed by atoms with van der Waals surface area (Å²) in [6.45, 7) is 5.16. The predicted octanol–water partition coefficient (Wildman–Crippen LogP) is 2.22. The minimum atomic E-state index is 0.424. The van der Waals surface area contributed by atoms with Crippen molar-refractivity contribution in [3.63, 3.8) is 0 Å². The molecule has 22 heavy (non-hydrogen) atoms. The van der Waals surface area contributed by atoms with Gasteiger partial charge in [0.1, 0.15) is 0 Å². The van der Waals surface area contributed by atoms with Crippen LogP contribution in [0.5, 0.6) is 6.01 Å².